The van der Waals surface area contributed by atoms with Crippen molar-refractivity contribution in [2.75, 3.05) is 0 Å². The Morgan fingerprint density at radius 1 is 1.25 bits per heavy atom. The molecule has 1 aliphatic carbocycles. The average Bonchev–Trinajstić information content (AvgIpc) is 3.24. The summed E-state index contributed by atoms with van der Waals surface area (Å²) in [5, 5.41) is 11.5. The van der Waals surface area contributed by atoms with Gasteiger partial charge in [-0.2, -0.15) is 0 Å². The van der Waals surface area contributed by atoms with Gasteiger partial charge in [0, 0.05) is 23.6 Å². The van der Waals surface area contributed by atoms with Gasteiger partial charge in [-0.1, -0.05) is 11.3 Å². The van der Waals surface area contributed by atoms with Crippen LogP contribution in [-0.4, -0.2) is 20.2 Å². The predicted octanol–water partition coefficient (Wildman–Crippen LogP) is 2.94. The van der Waals surface area contributed by atoms with E-state index in [1.54, 1.807) is 23.9 Å². The molecule has 4 rings (SSSR count). The second-order valence-electron chi connectivity index (χ2n) is 4.84. The lowest BCUT2D eigenvalue weighted by atomic mass is 10.2. The van der Waals surface area contributed by atoms with E-state index in [9.17, 15) is 0 Å². The largest absolute Gasteiger partial charge is 0.486 e. The van der Waals surface area contributed by atoms with Crippen LogP contribution in [0.5, 0.6) is 5.75 Å². The third kappa shape index (κ3) is 2.34. The number of benzene rings is 1. The summed E-state index contributed by atoms with van der Waals surface area (Å²) in [5.74, 6) is 1.44. The van der Waals surface area contributed by atoms with Gasteiger partial charge in [0.2, 0.25) is 0 Å². The topological polar surface area (TPSA) is 60.8 Å². The zero-order valence-electron chi connectivity index (χ0n) is 10.7. The molecule has 6 heteroatoms. The van der Waals surface area contributed by atoms with Gasteiger partial charge < -0.3 is 4.74 Å². The summed E-state index contributed by atoms with van der Waals surface area (Å²) in [6.45, 7) is 0.459. The van der Waals surface area contributed by atoms with Gasteiger partial charge in [-0.15, -0.1) is 10.2 Å². The van der Waals surface area contributed by atoms with Gasteiger partial charge in [-0.25, -0.2) is 9.97 Å². The van der Waals surface area contributed by atoms with Crippen molar-refractivity contribution in [3.8, 4) is 5.75 Å². The van der Waals surface area contributed by atoms with Crippen molar-refractivity contribution >= 4 is 22.2 Å². The zero-order valence-corrected chi connectivity index (χ0v) is 11.5. The van der Waals surface area contributed by atoms with E-state index < -0.39 is 0 Å². The summed E-state index contributed by atoms with van der Waals surface area (Å²) in [7, 11) is 0. The fourth-order valence-electron chi connectivity index (χ4n) is 2.01. The Morgan fingerprint density at radius 2 is 2.20 bits per heavy atom. The van der Waals surface area contributed by atoms with Gasteiger partial charge in [0.15, 0.2) is 5.01 Å². The van der Waals surface area contributed by atoms with Crippen molar-refractivity contribution in [3.63, 3.8) is 0 Å². The van der Waals surface area contributed by atoms with Crippen molar-refractivity contribution in [2.45, 2.75) is 25.4 Å². The van der Waals surface area contributed by atoms with Gasteiger partial charge >= 0.3 is 0 Å². The van der Waals surface area contributed by atoms with Gasteiger partial charge in [0.25, 0.3) is 0 Å². The molecular weight excluding hydrogens is 272 g/mol. The number of nitrogens with zero attached hydrogens (tertiary/aromatic N) is 4. The fourth-order valence-corrected chi connectivity index (χ4v) is 2.93. The standard InChI is InChI=1S/C14H12N4OS/c1-2-9(1)14-18-17-13(20-14)7-19-11-4-3-10-6-15-8-16-12(10)5-11/h3-6,8-9H,1-2,7H2. The van der Waals surface area contributed by atoms with E-state index in [1.165, 1.54) is 12.8 Å². The number of hydrogen-bond donors (Lipinski definition) is 0. The Morgan fingerprint density at radius 3 is 3.10 bits per heavy atom. The summed E-state index contributed by atoms with van der Waals surface area (Å²) in [6, 6.07) is 5.80. The molecule has 0 aliphatic heterocycles. The van der Waals surface area contributed by atoms with Crippen molar-refractivity contribution in [3.05, 3.63) is 40.7 Å². The van der Waals surface area contributed by atoms with Crippen LogP contribution in [0.15, 0.2) is 30.7 Å². The van der Waals surface area contributed by atoms with E-state index in [4.69, 9.17) is 4.74 Å². The van der Waals surface area contributed by atoms with Crippen LogP contribution in [0, 0.1) is 0 Å². The molecule has 0 bridgehead atoms. The molecule has 1 aromatic carbocycles. The zero-order chi connectivity index (χ0) is 13.4. The molecular formula is C14H12N4OS. The van der Waals surface area contributed by atoms with Crippen LogP contribution in [0.25, 0.3) is 10.9 Å². The Labute approximate surface area is 119 Å². The van der Waals surface area contributed by atoms with E-state index in [1.807, 2.05) is 18.2 Å². The number of fused-ring (bicyclic) bond motifs is 1. The number of aromatic nitrogens is 4. The smallest absolute Gasteiger partial charge is 0.155 e. The first-order chi connectivity index (χ1) is 9.88. The van der Waals surface area contributed by atoms with Gasteiger partial charge in [-0.3, -0.25) is 0 Å². The number of ether oxygens (including phenoxy) is 1. The van der Waals surface area contributed by atoms with E-state index in [-0.39, 0.29) is 0 Å². The van der Waals surface area contributed by atoms with Crippen molar-refractivity contribution in [2.24, 2.45) is 0 Å². The maximum Gasteiger partial charge on any atom is 0.155 e. The maximum absolute atomic E-state index is 5.76. The molecule has 1 fully saturated rings. The van der Waals surface area contributed by atoms with Crippen LogP contribution in [0.2, 0.25) is 0 Å². The fraction of sp³-hybridized carbons (Fsp3) is 0.286. The van der Waals surface area contributed by atoms with E-state index >= 15 is 0 Å². The third-order valence-corrected chi connectivity index (χ3v) is 4.31. The summed E-state index contributed by atoms with van der Waals surface area (Å²) in [5.41, 5.74) is 0.883. The highest BCUT2D eigenvalue weighted by Crippen LogP contribution is 2.41. The van der Waals surface area contributed by atoms with Crippen molar-refractivity contribution in [1.82, 2.24) is 20.2 Å². The lowest BCUT2D eigenvalue weighted by Crippen LogP contribution is -1.95. The van der Waals surface area contributed by atoms with E-state index in [0.717, 1.165) is 26.7 Å². The Kier molecular flexibility index (Phi) is 2.81. The molecule has 0 N–H and O–H groups in total. The van der Waals surface area contributed by atoms with E-state index in [0.29, 0.717) is 12.5 Å². The average molecular weight is 284 g/mol. The van der Waals surface area contributed by atoms with Crippen molar-refractivity contribution < 1.29 is 4.74 Å². The lowest BCUT2D eigenvalue weighted by Gasteiger charge is -2.04. The highest BCUT2D eigenvalue weighted by molar-refractivity contribution is 7.11. The molecule has 1 aliphatic rings. The molecule has 0 radical (unpaired) electrons. The first-order valence-corrected chi connectivity index (χ1v) is 7.35. The summed E-state index contributed by atoms with van der Waals surface area (Å²) in [4.78, 5) is 8.21. The minimum absolute atomic E-state index is 0.459. The van der Waals surface area contributed by atoms with Gasteiger partial charge in [-0.05, 0) is 25.0 Å². The normalized spacial score (nSPS) is 14.6. The lowest BCUT2D eigenvalue weighted by molar-refractivity contribution is 0.305. The van der Waals surface area contributed by atoms with Crippen LogP contribution in [0.4, 0.5) is 0 Å². The number of hydrogen-bond acceptors (Lipinski definition) is 6. The minimum Gasteiger partial charge on any atom is -0.486 e. The molecule has 20 heavy (non-hydrogen) atoms. The summed E-state index contributed by atoms with van der Waals surface area (Å²) < 4.78 is 5.76. The van der Waals surface area contributed by atoms with Gasteiger partial charge in [0.1, 0.15) is 23.7 Å². The molecule has 1 saturated carbocycles. The third-order valence-electron chi connectivity index (χ3n) is 3.25. The molecule has 3 aromatic rings. The summed E-state index contributed by atoms with van der Waals surface area (Å²) >= 11 is 1.65. The monoisotopic (exact) mass is 284 g/mol. The molecule has 2 aromatic heterocycles. The van der Waals surface area contributed by atoms with Crippen molar-refractivity contribution in [1.29, 1.82) is 0 Å². The van der Waals surface area contributed by atoms with Crippen LogP contribution in [0.3, 0.4) is 0 Å². The molecule has 0 atom stereocenters. The quantitative estimate of drug-likeness (QED) is 0.737. The van der Waals surface area contributed by atoms with Crippen LogP contribution >= 0.6 is 11.3 Å². The Balaban J connectivity index is 1.48. The second kappa shape index (κ2) is 4.79. The first kappa shape index (κ1) is 11.7. The van der Waals surface area contributed by atoms with Crippen LogP contribution < -0.4 is 4.74 Å². The van der Waals surface area contributed by atoms with Crippen LogP contribution in [-0.2, 0) is 6.61 Å². The Bertz CT molecular complexity index is 754. The maximum atomic E-state index is 5.76. The SMILES string of the molecule is c1ncc2ccc(OCc3nnc(C4CC4)s3)cc2n1. The Hall–Kier alpha value is -2.08. The minimum atomic E-state index is 0.459. The molecule has 100 valence electrons. The molecule has 0 spiro atoms. The number of rotatable bonds is 4. The highest BCUT2D eigenvalue weighted by Gasteiger charge is 2.27. The van der Waals surface area contributed by atoms with Crippen LogP contribution in [0.1, 0.15) is 28.8 Å². The molecule has 0 amide bonds. The highest BCUT2D eigenvalue weighted by atomic mass is 32.1. The first-order valence-electron chi connectivity index (χ1n) is 6.53. The molecule has 0 unspecified atom stereocenters. The predicted molar refractivity (Wildman–Crippen MR) is 75.8 cm³/mol. The summed E-state index contributed by atoms with van der Waals surface area (Å²) in [6.07, 6.45) is 5.83. The van der Waals surface area contributed by atoms with E-state index in [2.05, 4.69) is 20.2 Å². The van der Waals surface area contributed by atoms with Gasteiger partial charge in [0.05, 0.1) is 5.52 Å². The molecule has 0 saturated heterocycles. The molecule has 2 heterocycles. The molecule has 5 nitrogen and oxygen atoms in total. The second-order valence-corrected chi connectivity index (χ2v) is 5.93.